The highest BCUT2D eigenvalue weighted by Crippen LogP contribution is 2.21. The molecule has 8 heteroatoms. The van der Waals surface area contributed by atoms with E-state index in [-0.39, 0.29) is 25.0 Å². The first-order chi connectivity index (χ1) is 11.1. The molecule has 8 nitrogen and oxygen atoms in total. The number of aliphatic hydroxyl groups is 1. The summed E-state index contributed by atoms with van der Waals surface area (Å²) in [6, 6.07) is 8.10. The number of aliphatic hydroxyl groups excluding tert-OH is 1. The molecule has 0 aliphatic carbocycles. The Bertz CT molecular complexity index is 627. The van der Waals surface area contributed by atoms with E-state index in [1.165, 1.54) is 5.56 Å². The first kappa shape index (κ1) is 16.8. The van der Waals surface area contributed by atoms with Crippen LogP contribution in [-0.2, 0) is 17.6 Å². The van der Waals surface area contributed by atoms with E-state index >= 15 is 0 Å². The number of hydrogen-bond donors (Lipinski definition) is 3. The average molecular weight is 320 g/mol. The first-order valence-corrected chi connectivity index (χ1v) is 7.34. The molecule has 1 aromatic heterocycles. The van der Waals surface area contributed by atoms with Crippen LogP contribution in [0.1, 0.15) is 30.0 Å². The predicted molar refractivity (Wildman–Crippen MR) is 82.8 cm³/mol. The van der Waals surface area contributed by atoms with Crippen LogP contribution in [0.15, 0.2) is 28.8 Å². The number of anilines is 1. The SMILES string of the molecule is CCc1ccc(CC(OC(N)=O)c2noc(NCCO)n2)cc1. The van der Waals surface area contributed by atoms with Gasteiger partial charge in [0.2, 0.25) is 5.82 Å². The minimum absolute atomic E-state index is 0.0668. The predicted octanol–water partition coefficient (Wildman–Crippen LogP) is 1.42. The zero-order valence-corrected chi connectivity index (χ0v) is 12.9. The van der Waals surface area contributed by atoms with Gasteiger partial charge in [-0.1, -0.05) is 36.3 Å². The number of ether oxygens (including phenoxy) is 1. The summed E-state index contributed by atoms with van der Waals surface area (Å²) in [5.41, 5.74) is 7.30. The highest BCUT2D eigenvalue weighted by atomic mass is 16.6. The fourth-order valence-electron chi connectivity index (χ4n) is 2.05. The minimum Gasteiger partial charge on any atom is -0.438 e. The van der Waals surface area contributed by atoms with Crippen LogP contribution in [0.25, 0.3) is 0 Å². The van der Waals surface area contributed by atoms with Gasteiger partial charge < -0.3 is 25.4 Å². The van der Waals surface area contributed by atoms with Gasteiger partial charge in [-0.25, -0.2) is 4.79 Å². The van der Waals surface area contributed by atoms with E-state index in [4.69, 9.17) is 20.1 Å². The smallest absolute Gasteiger partial charge is 0.405 e. The largest absolute Gasteiger partial charge is 0.438 e. The number of aromatic nitrogens is 2. The van der Waals surface area contributed by atoms with E-state index in [9.17, 15) is 4.79 Å². The van der Waals surface area contributed by atoms with E-state index in [1.54, 1.807) is 0 Å². The van der Waals surface area contributed by atoms with Crippen molar-refractivity contribution in [1.29, 1.82) is 0 Å². The number of nitrogens with one attached hydrogen (secondary N) is 1. The maximum Gasteiger partial charge on any atom is 0.405 e. The molecule has 0 aliphatic heterocycles. The molecule has 1 aromatic carbocycles. The van der Waals surface area contributed by atoms with Gasteiger partial charge in [0, 0.05) is 13.0 Å². The van der Waals surface area contributed by atoms with Gasteiger partial charge in [0.25, 0.3) is 0 Å². The van der Waals surface area contributed by atoms with Gasteiger partial charge in [0.05, 0.1) is 6.61 Å². The monoisotopic (exact) mass is 320 g/mol. The Morgan fingerprint density at radius 3 is 2.70 bits per heavy atom. The molecule has 124 valence electrons. The Kier molecular flexibility index (Phi) is 5.93. The van der Waals surface area contributed by atoms with Gasteiger partial charge in [0.15, 0.2) is 6.10 Å². The standard InChI is InChI=1S/C15H20N4O4/c1-2-10-3-5-11(6-4-10)9-12(22-14(16)21)13-18-15(23-19-13)17-7-8-20/h3-6,12,20H,2,7-9H2,1H3,(H2,16,21)(H,17,18,19). The molecule has 1 amide bonds. The first-order valence-electron chi connectivity index (χ1n) is 7.34. The van der Waals surface area contributed by atoms with Gasteiger partial charge >= 0.3 is 12.1 Å². The fourth-order valence-corrected chi connectivity index (χ4v) is 2.05. The van der Waals surface area contributed by atoms with Crippen LogP contribution in [0.2, 0.25) is 0 Å². The van der Waals surface area contributed by atoms with Crippen molar-refractivity contribution in [3.8, 4) is 0 Å². The normalized spacial score (nSPS) is 11.9. The van der Waals surface area contributed by atoms with E-state index in [1.807, 2.05) is 24.3 Å². The summed E-state index contributed by atoms with van der Waals surface area (Å²) in [6.07, 6.45) is -0.318. The van der Waals surface area contributed by atoms with Gasteiger partial charge in [-0.2, -0.15) is 4.98 Å². The number of carbonyl (C=O) groups is 1. The van der Waals surface area contributed by atoms with E-state index < -0.39 is 12.2 Å². The van der Waals surface area contributed by atoms with Crippen LogP contribution < -0.4 is 11.1 Å². The van der Waals surface area contributed by atoms with E-state index in [2.05, 4.69) is 22.4 Å². The second-order valence-corrected chi connectivity index (χ2v) is 4.91. The molecule has 0 bridgehead atoms. The topological polar surface area (TPSA) is 124 Å². The molecule has 0 radical (unpaired) electrons. The summed E-state index contributed by atoms with van der Waals surface area (Å²) in [6.45, 7) is 2.29. The third kappa shape index (κ3) is 4.96. The summed E-state index contributed by atoms with van der Waals surface area (Å²) >= 11 is 0. The highest BCUT2D eigenvalue weighted by molar-refractivity contribution is 5.65. The van der Waals surface area contributed by atoms with Crippen molar-refractivity contribution in [3.63, 3.8) is 0 Å². The van der Waals surface area contributed by atoms with Crippen molar-refractivity contribution in [1.82, 2.24) is 10.1 Å². The van der Waals surface area contributed by atoms with E-state index in [0.717, 1.165) is 12.0 Å². The second kappa shape index (κ2) is 8.14. The Morgan fingerprint density at radius 2 is 2.09 bits per heavy atom. The van der Waals surface area contributed by atoms with Crippen LogP contribution >= 0.6 is 0 Å². The maximum absolute atomic E-state index is 11.1. The molecule has 1 unspecified atom stereocenters. The Balaban J connectivity index is 2.12. The van der Waals surface area contributed by atoms with Gasteiger partial charge in [0.1, 0.15) is 0 Å². The Labute approximate surface area is 133 Å². The lowest BCUT2D eigenvalue weighted by Gasteiger charge is -2.13. The third-order valence-electron chi connectivity index (χ3n) is 3.23. The molecular formula is C15H20N4O4. The van der Waals surface area contributed by atoms with Crippen molar-refractivity contribution >= 4 is 12.1 Å². The molecule has 0 fully saturated rings. The van der Waals surface area contributed by atoms with Crippen LogP contribution in [0.3, 0.4) is 0 Å². The third-order valence-corrected chi connectivity index (χ3v) is 3.23. The highest BCUT2D eigenvalue weighted by Gasteiger charge is 2.22. The number of benzene rings is 1. The lowest BCUT2D eigenvalue weighted by molar-refractivity contribution is 0.0999. The van der Waals surface area contributed by atoms with Crippen molar-refractivity contribution in [3.05, 3.63) is 41.2 Å². The second-order valence-electron chi connectivity index (χ2n) is 4.91. The quantitative estimate of drug-likeness (QED) is 0.672. The Hall–Kier alpha value is -2.61. The number of amides is 1. The lowest BCUT2D eigenvalue weighted by atomic mass is 10.0. The molecule has 0 aliphatic rings. The van der Waals surface area contributed by atoms with Crippen molar-refractivity contribution in [2.45, 2.75) is 25.9 Å². The molecule has 2 aromatic rings. The molecule has 4 N–H and O–H groups in total. The van der Waals surface area contributed by atoms with Crippen molar-refractivity contribution in [2.24, 2.45) is 5.73 Å². The molecule has 1 heterocycles. The number of carbonyl (C=O) groups excluding carboxylic acids is 1. The number of nitrogens with two attached hydrogens (primary N) is 1. The van der Waals surface area contributed by atoms with Crippen LogP contribution in [-0.4, -0.2) is 34.5 Å². The van der Waals surface area contributed by atoms with Crippen molar-refractivity contribution < 1.29 is 19.2 Å². The van der Waals surface area contributed by atoms with Crippen LogP contribution in [0, 0.1) is 0 Å². The number of aryl methyl sites for hydroxylation is 1. The fraction of sp³-hybridized carbons (Fsp3) is 0.400. The average Bonchev–Trinajstić information content (AvgIpc) is 3.01. The zero-order chi connectivity index (χ0) is 16.7. The molecule has 2 rings (SSSR count). The zero-order valence-electron chi connectivity index (χ0n) is 12.9. The van der Waals surface area contributed by atoms with Gasteiger partial charge in [-0.15, -0.1) is 0 Å². The molecule has 0 saturated heterocycles. The van der Waals surface area contributed by atoms with Crippen molar-refractivity contribution in [2.75, 3.05) is 18.5 Å². The van der Waals surface area contributed by atoms with Crippen LogP contribution in [0.4, 0.5) is 10.8 Å². The number of primary amides is 1. The maximum atomic E-state index is 11.1. The molecule has 23 heavy (non-hydrogen) atoms. The Morgan fingerprint density at radius 1 is 1.39 bits per heavy atom. The number of hydrogen-bond acceptors (Lipinski definition) is 7. The molecular weight excluding hydrogens is 300 g/mol. The summed E-state index contributed by atoms with van der Waals surface area (Å²) in [5.74, 6) is 0.212. The summed E-state index contributed by atoms with van der Waals surface area (Å²) < 4.78 is 10.1. The summed E-state index contributed by atoms with van der Waals surface area (Å²) in [5, 5.41) is 15.3. The molecule has 1 atom stereocenters. The van der Waals surface area contributed by atoms with E-state index in [0.29, 0.717) is 6.42 Å². The summed E-state index contributed by atoms with van der Waals surface area (Å²) in [7, 11) is 0. The van der Waals surface area contributed by atoms with Crippen LogP contribution in [0.5, 0.6) is 0 Å². The lowest BCUT2D eigenvalue weighted by Crippen LogP contribution is -2.20. The number of nitrogens with zero attached hydrogens (tertiary/aromatic N) is 2. The molecule has 0 saturated carbocycles. The number of rotatable bonds is 8. The molecule has 0 spiro atoms. The minimum atomic E-state index is -0.908. The van der Waals surface area contributed by atoms with Gasteiger partial charge in [-0.3, -0.25) is 0 Å². The van der Waals surface area contributed by atoms with Gasteiger partial charge in [-0.05, 0) is 17.5 Å². The summed E-state index contributed by atoms with van der Waals surface area (Å²) in [4.78, 5) is 15.2.